The summed E-state index contributed by atoms with van der Waals surface area (Å²) in [5, 5.41) is 8.14. The summed E-state index contributed by atoms with van der Waals surface area (Å²) < 4.78 is 7.08. The molecule has 0 saturated carbocycles. The van der Waals surface area contributed by atoms with E-state index in [-0.39, 0.29) is 6.04 Å². The van der Waals surface area contributed by atoms with Crippen LogP contribution >= 0.6 is 0 Å². The van der Waals surface area contributed by atoms with Crippen molar-refractivity contribution in [3.63, 3.8) is 0 Å². The Morgan fingerprint density at radius 3 is 3.12 bits per heavy atom. The molecule has 0 spiro atoms. The predicted octanol–water partition coefficient (Wildman–Crippen LogP) is 1.87. The minimum atomic E-state index is 0.0150. The van der Waals surface area contributed by atoms with E-state index < -0.39 is 0 Å². The van der Waals surface area contributed by atoms with E-state index in [1.807, 2.05) is 25.3 Å². The number of imidazole rings is 1. The second-order valence-electron chi connectivity index (χ2n) is 3.71. The van der Waals surface area contributed by atoms with E-state index >= 15 is 0 Å². The van der Waals surface area contributed by atoms with Gasteiger partial charge in [-0.25, -0.2) is 9.67 Å². The van der Waals surface area contributed by atoms with Crippen molar-refractivity contribution >= 4 is 0 Å². The number of hydrogen-bond donors (Lipinski definition) is 1. The average Bonchev–Trinajstić information content (AvgIpc) is 3.09. The summed E-state index contributed by atoms with van der Waals surface area (Å²) in [5.41, 5.74) is 0.716. The van der Waals surface area contributed by atoms with E-state index in [2.05, 4.69) is 20.3 Å². The van der Waals surface area contributed by atoms with Crippen molar-refractivity contribution in [2.75, 3.05) is 0 Å². The summed E-state index contributed by atoms with van der Waals surface area (Å²) in [6.07, 6.45) is 6.93. The van der Waals surface area contributed by atoms with Crippen molar-refractivity contribution in [2.24, 2.45) is 0 Å². The highest BCUT2D eigenvalue weighted by Crippen LogP contribution is 2.19. The van der Waals surface area contributed by atoms with E-state index in [4.69, 9.17) is 4.42 Å². The summed E-state index contributed by atoms with van der Waals surface area (Å²) >= 11 is 0. The van der Waals surface area contributed by atoms with Gasteiger partial charge in [-0.2, -0.15) is 0 Å². The number of rotatable bonds is 3. The number of nitrogens with one attached hydrogen (secondary N) is 1. The van der Waals surface area contributed by atoms with Crippen LogP contribution in [0.25, 0.3) is 11.5 Å². The zero-order valence-corrected chi connectivity index (χ0v) is 9.24. The van der Waals surface area contributed by atoms with Gasteiger partial charge in [-0.3, -0.25) is 0 Å². The van der Waals surface area contributed by atoms with Gasteiger partial charge in [-0.15, -0.1) is 5.10 Å². The Kier molecular flexibility index (Phi) is 2.25. The van der Waals surface area contributed by atoms with Gasteiger partial charge in [0.1, 0.15) is 17.5 Å². The minimum Gasteiger partial charge on any atom is -0.467 e. The molecule has 6 nitrogen and oxygen atoms in total. The van der Waals surface area contributed by atoms with E-state index in [0.717, 1.165) is 5.76 Å². The summed E-state index contributed by atoms with van der Waals surface area (Å²) in [4.78, 5) is 7.12. The quantitative estimate of drug-likeness (QED) is 0.744. The van der Waals surface area contributed by atoms with Crippen LogP contribution in [-0.4, -0.2) is 25.0 Å². The molecule has 86 valence electrons. The molecule has 0 aliphatic rings. The maximum Gasteiger partial charge on any atom is 0.159 e. The first kappa shape index (κ1) is 9.83. The molecule has 0 radical (unpaired) electrons. The van der Waals surface area contributed by atoms with Gasteiger partial charge in [0.25, 0.3) is 0 Å². The smallest absolute Gasteiger partial charge is 0.159 e. The molecule has 1 N–H and O–H groups in total. The Hall–Kier alpha value is -2.37. The van der Waals surface area contributed by atoms with E-state index in [1.165, 1.54) is 0 Å². The molecule has 17 heavy (non-hydrogen) atoms. The lowest BCUT2D eigenvalue weighted by atomic mass is 10.2. The summed E-state index contributed by atoms with van der Waals surface area (Å²) in [5.74, 6) is 1.56. The molecule has 0 amide bonds. The Balaban J connectivity index is 1.90. The van der Waals surface area contributed by atoms with E-state index in [9.17, 15) is 0 Å². The molecular weight excluding hydrogens is 218 g/mol. The van der Waals surface area contributed by atoms with Gasteiger partial charge in [0.15, 0.2) is 5.82 Å². The van der Waals surface area contributed by atoms with Crippen LogP contribution in [0, 0.1) is 0 Å². The van der Waals surface area contributed by atoms with Crippen LogP contribution in [0.3, 0.4) is 0 Å². The van der Waals surface area contributed by atoms with Crippen LogP contribution in [0.15, 0.2) is 41.4 Å². The fourth-order valence-corrected chi connectivity index (χ4v) is 1.64. The van der Waals surface area contributed by atoms with Gasteiger partial charge in [0.2, 0.25) is 0 Å². The molecule has 0 aliphatic carbocycles. The highest BCUT2D eigenvalue weighted by molar-refractivity contribution is 5.45. The Labute approximate surface area is 97.3 Å². The molecule has 0 bridgehead atoms. The molecule has 6 heteroatoms. The first-order valence-corrected chi connectivity index (χ1v) is 5.29. The fourth-order valence-electron chi connectivity index (χ4n) is 1.64. The molecular formula is C11H11N5O. The average molecular weight is 229 g/mol. The van der Waals surface area contributed by atoms with Crippen molar-refractivity contribution in [2.45, 2.75) is 13.0 Å². The van der Waals surface area contributed by atoms with Crippen molar-refractivity contribution in [1.29, 1.82) is 0 Å². The van der Waals surface area contributed by atoms with Crippen LogP contribution in [0.4, 0.5) is 0 Å². The monoisotopic (exact) mass is 229 g/mol. The van der Waals surface area contributed by atoms with Crippen LogP contribution in [0.2, 0.25) is 0 Å². The summed E-state index contributed by atoms with van der Waals surface area (Å²) in [6, 6.07) is 3.79. The largest absolute Gasteiger partial charge is 0.467 e. The zero-order valence-electron chi connectivity index (χ0n) is 9.24. The highest BCUT2D eigenvalue weighted by atomic mass is 16.3. The molecule has 0 unspecified atom stereocenters. The molecule has 0 fully saturated rings. The molecule has 3 aromatic rings. The molecule has 0 aliphatic heterocycles. The Morgan fingerprint density at radius 2 is 2.41 bits per heavy atom. The number of furan rings is 1. The van der Waals surface area contributed by atoms with Crippen molar-refractivity contribution < 1.29 is 4.42 Å². The van der Waals surface area contributed by atoms with Crippen LogP contribution < -0.4 is 0 Å². The van der Waals surface area contributed by atoms with Crippen LogP contribution in [0.5, 0.6) is 0 Å². The number of nitrogens with zero attached hydrogens (tertiary/aromatic N) is 4. The second-order valence-corrected chi connectivity index (χ2v) is 3.71. The first-order valence-electron chi connectivity index (χ1n) is 5.29. The lowest BCUT2D eigenvalue weighted by molar-refractivity contribution is 0.419. The van der Waals surface area contributed by atoms with Gasteiger partial charge >= 0.3 is 0 Å². The SMILES string of the molecule is C[C@@H](c1ccco1)n1cc(-c2ncc[nH]2)nn1. The normalized spacial score (nSPS) is 12.8. The van der Waals surface area contributed by atoms with Crippen LogP contribution in [0.1, 0.15) is 18.7 Å². The lowest BCUT2D eigenvalue weighted by Crippen LogP contribution is -2.06. The standard InChI is InChI=1S/C11H11N5O/c1-8(10-3-2-6-17-10)16-7-9(14-15-16)11-12-4-5-13-11/h2-8H,1H3,(H,12,13)/t8-/m0/s1. The molecule has 1 atom stereocenters. The Bertz CT molecular complexity index is 581. The molecule has 0 aromatic carbocycles. The summed E-state index contributed by atoms with van der Waals surface area (Å²) in [7, 11) is 0. The van der Waals surface area contributed by atoms with Gasteiger partial charge in [0.05, 0.1) is 12.5 Å². The molecule has 3 heterocycles. The van der Waals surface area contributed by atoms with Gasteiger partial charge in [-0.05, 0) is 19.1 Å². The number of aromatic amines is 1. The van der Waals surface area contributed by atoms with Crippen molar-refractivity contribution in [3.05, 3.63) is 42.7 Å². The summed E-state index contributed by atoms with van der Waals surface area (Å²) in [6.45, 7) is 2.00. The number of aromatic nitrogens is 5. The topological polar surface area (TPSA) is 72.5 Å². The van der Waals surface area contributed by atoms with E-state index in [0.29, 0.717) is 11.5 Å². The third-order valence-electron chi connectivity index (χ3n) is 2.60. The lowest BCUT2D eigenvalue weighted by Gasteiger charge is -2.06. The highest BCUT2D eigenvalue weighted by Gasteiger charge is 2.14. The zero-order chi connectivity index (χ0) is 11.7. The van der Waals surface area contributed by atoms with Crippen molar-refractivity contribution in [3.8, 4) is 11.5 Å². The number of H-pyrrole nitrogens is 1. The van der Waals surface area contributed by atoms with Crippen LogP contribution in [-0.2, 0) is 0 Å². The van der Waals surface area contributed by atoms with Gasteiger partial charge in [0, 0.05) is 12.4 Å². The maximum atomic E-state index is 5.34. The maximum absolute atomic E-state index is 5.34. The molecule has 0 saturated heterocycles. The van der Waals surface area contributed by atoms with Gasteiger partial charge < -0.3 is 9.40 Å². The minimum absolute atomic E-state index is 0.0150. The second kappa shape index (κ2) is 3.89. The number of hydrogen-bond acceptors (Lipinski definition) is 4. The third kappa shape index (κ3) is 1.73. The molecule has 3 aromatic heterocycles. The Morgan fingerprint density at radius 1 is 1.47 bits per heavy atom. The predicted molar refractivity (Wildman–Crippen MR) is 60.1 cm³/mol. The fraction of sp³-hybridized carbons (Fsp3) is 0.182. The molecule has 3 rings (SSSR count). The van der Waals surface area contributed by atoms with E-state index in [1.54, 1.807) is 23.3 Å². The third-order valence-corrected chi connectivity index (χ3v) is 2.60. The first-order chi connectivity index (χ1) is 8.34. The van der Waals surface area contributed by atoms with Gasteiger partial charge in [-0.1, -0.05) is 5.21 Å². The van der Waals surface area contributed by atoms with Crippen molar-refractivity contribution in [1.82, 2.24) is 25.0 Å².